The van der Waals surface area contributed by atoms with Gasteiger partial charge in [-0.25, -0.2) is 0 Å². The van der Waals surface area contributed by atoms with Crippen LogP contribution in [0.4, 0.5) is 0 Å². The molecule has 1 atom stereocenters. The van der Waals surface area contributed by atoms with Crippen LogP contribution in [0.2, 0.25) is 0 Å². The molecule has 2 heteroatoms. The lowest BCUT2D eigenvalue weighted by Gasteiger charge is -2.06. The maximum Gasteiger partial charge on any atom is 0.102 e. The van der Waals surface area contributed by atoms with Gasteiger partial charge in [0.2, 0.25) is 0 Å². The molecule has 1 aliphatic heterocycles. The maximum atomic E-state index is 2.43. The molecule has 0 radical (unpaired) electrons. The molecule has 1 heterocycles. The summed E-state index contributed by atoms with van der Waals surface area (Å²) in [6, 6.07) is 0. The van der Waals surface area contributed by atoms with Crippen LogP contribution in [0.5, 0.6) is 0 Å². The fourth-order valence-electron chi connectivity index (χ4n) is 2.88. The van der Waals surface area contributed by atoms with Crippen LogP contribution < -0.4 is 17.3 Å². The van der Waals surface area contributed by atoms with Gasteiger partial charge in [-0.1, -0.05) is 65.2 Å². The molecule has 1 unspecified atom stereocenters. The first-order valence-electron chi connectivity index (χ1n) is 9.11. The largest absolute Gasteiger partial charge is 1.00 e. The SMILES string of the molecule is CCCCCCCCCCC[NH+]1C=CC(CCCC)=C1.[Cl-]. The summed E-state index contributed by atoms with van der Waals surface area (Å²) in [4.78, 5) is 1.57. The standard InChI is InChI=1S/C19H35N.ClH/c1-3-5-7-8-9-10-11-12-13-16-20-17-15-19(18-20)14-6-4-2;/h15,17-18H,3-14,16H2,1-2H3;1H. The molecule has 0 bridgehead atoms. The fraction of sp³-hybridized carbons (Fsp3) is 0.789. The lowest BCUT2D eigenvalue weighted by molar-refractivity contribution is -0.788. The molecule has 1 N–H and O–H groups in total. The summed E-state index contributed by atoms with van der Waals surface area (Å²) in [7, 11) is 0. The van der Waals surface area contributed by atoms with Gasteiger partial charge in [0.25, 0.3) is 0 Å². The van der Waals surface area contributed by atoms with Gasteiger partial charge in [-0.15, -0.1) is 0 Å². The zero-order chi connectivity index (χ0) is 14.5. The van der Waals surface area contributed by atoms with Crippen molar-refractivity contribution < 1.29 is 17.3 Å². The second kappa shape index (κ2) is 14.7. The van der Waals surface area contributed by atoms with Gasteiger partial charge in [0.05, 0.1) is 12.7 Å². The molecule has 0 aromatic heterocycles. The first kappa shape index (κ1) is 20.7. The fourth-order valence-corrected chi connectivity index (χ4v) is 2.88. The Bertz CT molecular complexity index is 283. The molecule has 21 heavy (non-hydrogen) atoms. The van der Waals surface area contributed by atoms with E-state index >= 15 is 0 Å². The van der Waals surface area contributed by atoms with Gasteiger partial charge in [-0.2, -0.15) is 0 Å². The van der Waals surface area contributed by atoms with Gasteiger partial charge in [-0.3, -0.25) is 4.90 Å². The number of quaternary nitrogens is 1. The van der Waals surface area contributed by atoms with E-state index in [4.69, 9.17) is 0 Å². The molecule has 0 aromatic rings. The molecular weight excluding hydrogens is 278 g/mol. The molecule has 124 valence electrons. The van der Waals surface area contributed by atoms with E-state index in [1.54, 1.807) is 10.5 Å². The van der Waals surface area contributed by atoms with Crippen LogP contribution in [-0.4, -0.2) is 6.54 Å². The van der Waals surface area contributed by atoms with Gasteiger partial charge < -0.3 is 12.4 Å². The molecule has 0 saturated heterocycles. The number of nitrogens with one attached hydrogen (secondary N) is 1. The van der Waals surface area contributed by atoms with E-state index in [0.717, 1.165) is 0 Å². The third-order valence-corrected chi connectivity index (χ3v) is 4.27. The van der Waals surface area contributed by atoms with Crippen molar-refractivity contribution in [1.82, 2.24) is 0 Å². The summed E-state index contributed by atoms with van der Waals surface area (Å²) in [5.41, 5.74) is 1.55. The van der Waals surface area contributed by atoms with Gasteiger partial charge in [0.1, 0.15) is 6.20 Å². The quantitative estimate of drug-likeness (QED) is 0.496. The highest BCUT2D eigenvalue weighted by Crippen LogP contribution is 2.10. The highest BCUT2D eigenvalue weighted by molar-refractivity contribution is 5.17. The van der Waals surface area contributed by atoms with Gasteiger partial charge >= 0.3 is 0 Å². The molecule has 0 aromatic carbocycles. The monoisotopic (exact) mass is 313 g/mol. The van der Waals surface area contributed by atoms with Crippen molar-refractivity contribution in [1.29, 1.82) is 0 Å². The second-order valence-corrected chi connectivity index (χ2v) is 6.31. The van der Waals surface area contributed by atoms with Crippen molar-refractivity contribution in [3.8, 4) is 0 Å². The summed E-state index contributed by atoms with van der Waals surface area (Å²) < 4.78 is 0. The van der Waals surface area contributed by atoms with Gasteiger partial charge in [-0.05, 0) is 25.7 Å². The number of hydrogen-bond donors (Lipinski definition) is 1. The van der Waals surface area contributed by atoms with E-state index < -0.39 is 0 Å². The van der Waals surface area contributed by atoms with Crippen molar-refractivity contribution >= 4 is 0 Å². The van der Waals surface area contributed by atoms with Crippen LogP contribution in [0.1, 0.15) is 90.9 Å². The third-order valence-electron chi connectivity index (χ3n) is 4.27. The summed E-state index contributed by atoms with van der Waals surface area (Å²) in [6.45, 7) is 5.85. The smallest absolute Gasteiger partial charge is 0.102 e. The number of hydrogen-bond acceptors (Lipinski definition) is 0. The topological polar surface area (TPSA) is 4.44 Å². The minimum atomic E-state index is 0. The van der Waals surface area contributed by atoms with Crippen molar-refractivity contribution in [3.63, 3.8) is 0 Å². The Kier molecular flexibility index (Phi) is 14.5. The average Bonchev–Trinajstić information content (AvgIpc) is 2.91. The first-order valence-corrected chi connectivity index (χ1v) is 9.11. The first-order chi connectivity index (χ1) is 9.86. The van der Waals surface area contributed by atoms with Crippen molar-refractivity contribution in [3.05, 3.63) is 24.0 Å². The third kappa shape index (κ3) is 11.0. The van der Waals surface area contributed by atoms with Crippen molar-refractivity contribution in [2.75, 3.05) is 6.54 Å². The van der Waals surface area contributed by atoms with Gasteiger partial charge in [0.15, 0.2) is 0 Å². The molecular formula is C19H36ClN. The average molecular weight is 314 g/mol. The summed E-state index contributed by atoms with van der Waals surface area (Å²) in [5, 5.41) is 0. The number of allylic oxidation sites excluding steroid dienone is 2. The summed E-state index contributed by atoms with van der Waals surface area (Å²) >= 11 is 0. The highest BCUT2D eigenvalue weighted by Gasteiger charge is 2.09. The van der Waals surface area contributed by atoms with Crippen LogP contribution in [-0.2, 0) is 0 Å². The van der Waals surface area contributed by atoms with E-state index in [9.17, 15) is 0 Å². The molecule has 0 aliphatic carbocycles. The van der Waals surface area contributed by atoms with E-state index in [1.807, 2.05) is 0 Å². The highest BCUT2D eigenvalue weighted by atomic mass is 35.5. The Morgan fingerprint density at radius 1 is 0.762 bits per heavy atom. The van der Waals surface area contributed by atoms with Crippen molar-refractivity contribution in [2.45, 2.75) is 90.9 Å². The second-order valence-electron chi connectivity index (χ2n) is 6.31. The number of halogens is 1. The van der Waals surface area contributed by atoms with Crippen molar-refractivity contribution in [2.24, 2.45) is 0 Å². The summed E-state index contributed by atoms with van der Waals surface area (Å²) in [5.74, 6) is 0. The van der Waals surface area contributed by atoms with E-state index in [1.165, 1.54) is 83.6 Å². The van der Waals surface area contributed by atoms with Crippen LogP contribution >= 0.6 is 0 Å². The van der Waals surface area contributed by atoms with Crippen LogP contribution in [0.3, 0.4) is 0 Å². The van der Waals surface area contributed by atoms with E-state index in [-0.39, 0.29) is 12.4 Å². The van der Waals surface area contributed by atoms with E-state index in [0.29, 0.717) is 0 Å². The lowest BCUT2D eigenvalue weighted by Crippen LogP contribution is -3.01. The number of unbranched alkanes of at least 4 members (excludes halogenated alkanes) is 9. The Labute approximate surface area is 139 Å². The Morgan fingerprint density at radius 3 is 1.95 bits per heavy atom. The normalized spacial score (nSPS) is 16.9. The zero-order valence-corrected chi connectivity index (χ0v) is 15.1. The lowest BCUT2D eigenvalue weighted by atomic mass is 10.1. The van der Waals surface area contributed by atoms with E-state index in [2.05, 4.69) is 32.3 Å². The van der Waals surface area contributed by atoms with Crippen LogP contribution in [0.25, 0.3) is 0 Å². The molecule has 0 saturated carbocycles. The Morgan fingerprint density at radius 2 is 1.33 bits per heavy atom. The zero-order valence-electron chi connectivity index (χ0n) is 14.3. The molecule has 1 nitrogen and oxygen atoms in total. The predicted octanol–water partition coefficient (Wildman–Crippen LogP) is 2.01. The summed E-state index contributed by atoms with van der Waals surface area (Å²) in [6.07, 6.45) is 23.9. The Hall–Kier alpha value is -0.270. The predicted molar refractivity (Wildman–Crippen MR) is 89.8 cm³/mol. The van der Waals surface area contributed by atoms with Gasteiger partial charge in [0, 0.05) is 11.6 Å². The van der Waals surface area contributed by atoms with Crippen LogP contribution in [0.15, 0.2) is 24.0 Å². The number of rotatable bonds is 13. The molecule has 1 aliphatic rings. The molecule has 0 spiro atoms. The molecule has 0 fully saturated rings. The minimum absolute atomic E-state index is 0. The maximum absolute atomic E-state index is 2.43. The minimum Gasteiger partial charge on any atom is -1.00 e. The Balaban J connectivity index is 0.00000400. The molecule has 0 amide bonds. The van der Waals surface area contributed by atoms with Crippen LogP contribution in [0, 0.1) is 0 Å². The molecule has 1 rings (SSSR count).